The van der Waals surface area contributed by atoms with Crippen LogP contribution in [0.3, 0.4) is 0 Å². The zero-order valence-electron chi connectivity index (χ0n) is 27.0. The molecule has 0 saturated heterocycles. The van der Waals surface area contributed by atoms with Gasteiger partial charge in [0.05, 0.1) is 6.61 Å². The molecule has 0 heterocycles. The van der Waals surface area contributed by atoms with E-state index in [9.17, 15) is 5.11 Å². The van der Waals surface area contributed by atoms with E-state index in [0.717, 1.165) is 29.9 Å². The highest BCUT2D eigenvalue weighted by molar-refractivity contribution is 8.01. The highest BCUT2D eigenvalue weighted by Crippen LogP contribution is 2.56. The molecule has 4 rings (SSSR count). The van der Waals surface area contributed by atoms with Crippen molar-refractivity contribution in [2.75, 3.05) is 20.8 Å². The van der Waals surface area contributed by atoms with E-state index in [1.807, 2.05) is 12.1 Å². The topological polar surface area (TPSA) is 47.9 Å². The summed E-state index contributed by atoms with van der Waals surface area (Å²) in [5, 5.41) is 15.7. The second kappa shape index (κ2) is 16.9. The van der Waals surface area contributed by atoms with Crippen molar-refractivity contribution in [2.45, 2.75) is 71.3 Å². The second-order valence-corrected chi connectivity index (χ2v) is 16.3. The molecule has 0 saturated carbocycles. The van der Waals surface area contributed by atoms with Crippen LogP contribution < -0.4 is 26.0 Å². The number of hydrogen-bond acceptors (Lipinski definition) is 4. The van der Waals surface area contributed by atoms with Gasteiger partial charge in [-0.15, -0.1) is 0 Å². The molecular formula is C38H48O4PSi+. The second-order valence-electron chi connectivity index (χ2n) is 11.6. The molecule has 0 bridgehead atoms. The fraction of sp³-hybridized carbons (Fsp3) is 0.368. The Balaban J connectivity index is 1.58. The van der Waals surface area contributed by atoms with Crippen molar-refractivity contribution in [1.29, 1.82) is 0 Å². The fourth-order valence-corrected chi connectivity index (χ4v) is 11.0. The number of aryl methyl sites for hydroxylation is 3. The summed E-state index contributed by atoms with van der Waals surface area (Å²) in [7, 11) is 1.69. The van der Waals surface area contributed by atoms with Crippen LogP contribution in [-0.2, 0) is 9.47 Å². The van der Waals surface area contributed by atoms with Crippen molar-refractivity contribution < 1.29 is 19.3 Å². The molecule has 0 atom stereocenters. The van der Waals surface area contributed by atoms with Crippen molar-refractivity contribution in [3.05, 3.63) is 108 Å². The van der Waals surface area contributed by atoms with Crippen molar-refractivity contribution in [3.63, 3.8) is 0 Å². The first kappa shape index (κ1) is 33.9. The molecule has 0 spiro atoms. The average Bonchev–Trinajstić information content (AvgIpc) is 3.03. The summed E-state index contributed by atoms with van der Waals surface area (Å²) in [4.78, 5) is 0. The molecule has 2 radical (unpaired) electrons. The van der Waals surface area contributed by atoms with Crippen molar-refractivity contribution >= 4 is 38.0 Å². The number of unbranched alkanes of at least 4 members (excludes halogenated alkanes) is 5. The van der Waals surface area contributed by atoms with Gasteiger partial charge in [0.25, 0.3) is 0 Å². The summed E-state index contributed by atoms with van der Waals surface area (Å²) in [6.07, 6.45) is 7.05. The standard InChI is InChI=1S/C38H47O4PSi/c1-29-12-19-33(20-13-29)43(34-21-14-30(2)15-22-34,35-23-16-31(3)17-24-35)37-28-32(39)18-25-36(37)42-26-10-8-6-7-9-11-27-44-38(40-4)41-5/h12-25,28,38H,6-11,26-27H2,1-5H3/p+1. The molecule has 44 heavy (non-hydrogen) atoms. The van der Waals surface area contributed by atoms with Crippen LogP contribution in [0.15, 0.2) is 91.0 Å². The predicted molar refractivity (Wildman–Crippen MR) is 189 cm³/mol. The van der Waals surface area contributed by atoms with E-state index in [-0.39, 0.29) is 11.7 Å². The number of benzene rings is 4. The van der Waals surface area contributed by atoms with Crippen molar-refractivity contribution in [3.8, 4) is 11.5 Å². The molecule has 6 heteroatoms. The highest BCUT2D eigenvalue weighted by Gasteiger charge is 2.50. The van der Waals surface area contributed by atoms with E-state index >= 15 is 0 Å². The Labute approximate surface area is 268 Å². The first-order valence-electron chi connectivity index (χ1n) is 15.7. The summed E-state index contributed by atoms with van der Waals surface area (Å²) in [5.41, 5.74) is 3.67. The summed E-state index contributed by atoms with van der Waals surface area (Å²) in [6, 6.07) is 33.6. The van der Waals surface area contributed by atoms with Gasteiger partial charge in [0.2, 0.25) is 0 Å². The number of hydrogen-bond donors (Lipinski definition) is 1. The molecule has 0 aromatic heterocycles. The monoisotopic (exact) mass is 627 g/mol. The van der Waals surface area contributed by atoms with Gasteiger partial charge in [0.15, 0.2) is 11.1 Å². The number of ether oxygens (including phenoxy) is 3. The Bertz CT molecular complexity index is 1310. The van der Waals surface area contributed by atoms with Gasteiger partial charge >= 0.3 is 0 Å². The molecule has 4 nitrogen and oxygen atoms in total. The van der Waals surface area contributed by atoms with Gasteiger partial charge in [-0.3, -0.25) is 0 Å². The minimum atomic E-state index is -2.42. The molecule has 0 amide bonds. The van der Waals surface area contributed by atoms with E-state index in [1.165, 1.54) is 58.3 Å². The van der Waals surface area contributed by atoms with Crippen LogP contribution in [0, 0.1) is 20.8 Å². The lowest BCUT2D eigenvalue weighted by Crippen LogP contribution is -2.39. The Morgan fingerprint density at radius 1 is 0.614 bits per heavy atom. The predicted octanol–water partition coefficient (Wildman–Crippen LogP) is 7.36. The molecular weight excluding hydrogens is 579 g/mol. The summed E-state index contributed by atoms with van der Waals surface area (Å²) >= 11 is 0. The van der Waals surface area contributed by atoms with E-state index in [4.69, 9.17) is 14.2 Å². The van der Waals surface area contributed by atoms with Crippen LogP contribution in [0.1, 0.15) is 55.2 Å². The van der Waals surface area contributed by atoms with Crippen LogP contribution in [0.4, 0.5) is 0 Å². The Kier molecular flexibility index (Phi) is 13.1. The smallest absolute Gasteiger partial charge is 0.162 e. The number of methoxy groups -OCH3 is 2. The third-order valence-corrected chi connectivity index (χ3v) is 13.9. The van der Waals surface area contributed by atoms with Crippen LogP contribution in [-0.4, -0.2) is 41.4 Å². The Morgan fingerprint density at radius 2 is 1.07 bits per heavy atom. The van der Waals surface area contributed by atoms with E-state index < -0.39 is 7.26 Å². The molecule has 232 valence electrons. The molecule has 0 unspecified atom stereocenters. The van der Waals surface area contributed by atoms with Crippen LogP contribution >= 0.6 is 7.26 Å². The van der Waals surface area contributed by atoms with Gasteiger partial charge < -0.3 is 19.3 Å². The number of aromatic hydroxyl groups is 1. The summed E-state index contributed by atoms with van der Waals surface area (Å²) in [5.74, 6) is 1.05. The maximum Gasteiger partial charge on any atom is 0.162 e. The Morgan fingerprint density at radius 3 is 1.55 bits per heavy atom. The third kappa shape index (κ3) is 8.61. The quantitative estimate of drug-likeness (QED) is 0.0576. The molecule has 4 aromatic carbocycles. The largest absolute Gasteiger partial charge is 0.508 e. The van der Waals surface area contributed by atoms with Gasteiger partial charge in [-0.2, -0.15) is 0 Å². The minimum Gasteiger partial charge on any atom is -0.508 e. The van der Waals surface area contributed by atoms with E-state index in [2.05, 4.69) is 93.6 Å². The third-order valence-electron chi connectivity index (χ3n) is 8.14. The Hall–Kier alpha value is -2.95. The molecule has 1 N–H and O–H groups in total. The van der Waals surface area contributed by atoms with Gasteiger partial charge in [-0.1, -0.05) is 91.2 Å². The summed E-state index contributed by atoms with van der Waals surface area (Å²) < 4.78 is 17.2. The lowest BCUT2D eigenvalue weighted by Gasteiger charge is -2.29. The van der Waals surface area contributed by atoms with Crippen LogP contribution in [0.25, 0.3) is 0 Å². The average molecular weight is 628 g/mol. The maximum absolute atomic E-state index is 10.9. The number of phenolic OH excluding ortho intramolecular Hbond substituents is 1. The van der Waals surface area contributed by atoms with E-state index in [1.54, 1.807) is 20.3 Å². The fourth-order valence-electron chi connectivity index (χ4n) is 5.66. The molecule has 0 aliphatic carbocycles. The first-order valence-corrected chi connectivity index (χ1v) is 18.8. The van der Waals surface area contributed by atoms with Crippen LogP contribution in [0.2, 0.25) is 6.04 Å². The first-order chi connectivity index (χ1) is 21.4. The van der Waals surface area contributed by atoms with Gasteiger partial charge in [-0.05, 0) is 75.7 Å². The summed E-state index contributed by atoms with van der Waals surface area (Å²) in [6.45, 7) is 7.03. The van der Waals surface area contributed by atoms with Crippen LogP contribution in [0.5, 0.6) is 11.5 Å². The van der Waals surface area contributed by atoms with E-state index in [0.29, 0.717) is 16.1 Å². The molecule has 4 aromatic rings. The SMILES string of the molecule is COC(OC)[Si]CCCCCCCCOc1ccc(O)cc1[P+](c1ccc(C)cc1)(c1ccc(C)cc1)c1ccc(C)cc1. The number of rotatable bonds is 17. The van der Waals surface area contributed by atoms with Gasteiger partial charge in [0, 0.05) is 20.3 Å². The zero-order chi connectivity index (χ0) is 31.4. The van der Waals surface area contributed by atoms with Gasteiger partial charge in [0.1, 0.15) is 44.4 Å². The highest BCUT2D eigenvalue weighted by atomic mass is 31.2. The zero-order valence-corrected chi connectivity index (χ0v) is 28.9. The van der Waals surface area contributed by atoms with Gasteiger partial charge in [-0.25, -0.2) is 0 Å². The molecule has 0 aliphatic rings. The van der Waals surface area contributed by atoms with Crippen molar-refractivity contribution in [1.82, 2.24) is 0 Å². The maximum atomic E-state index is 10.9. The molecule has 0 fully saturated rings. The van der Waals surface area contributed by atoms with Crippen molar-refractivity contribution in [2.24, 2.45) is 0 Å². The lowest BCUT2D eigenvalue weighted by atomic mass is 10.1. The molecule has 0 aliphatic heterocycles. The normalized spacial score (nSPS) is 11.7. The minimum absolute atomic E-state index is 0.0545. The number of phenols is 1. The lowest BCUT2D eigenvalue weighted by molar-refractivity contribution is -0.0441.